The van der Waals surface area contributed by atoms with E-state index >= 15 is 0 Å². The smallest absolute Gasteiger partial charge is 0.191 e. The summed E-state index contributed by atoms with van der Waals surface area (Å²) in [5.41, 5.74) is 1.88. The summed E-state index contributed by atoms with van der Waals surface area (Å²) in [7, 11) is 1.75. The van der Waals surface area contributed by atoms with Crippen LogP contribution in [0.1, 0.15) is 49.9 Å². The molecular formula is C19H27N7O. The summed E-state index contributed by atoms with van der Waals surface area (Å²) in [6.07, 6.45) is 4.85. The third kappa shape index (κ3) is 4.64. The van der Waals surface area contributed by atoms with E-state index in [2.05, 4.69) is 44.8 Å². The van der Waals surface area contributed by atoms with Gasteiger partial charge in [0.25, 0.3) is 0 Å². The molecule has 0 aliphatic heterocycles. The van der Waals surface area contributed by atoms with Crippen LogP contribution in [0.4, 0.5) is 0 Å². The summed E-state index contributed by atoms with van der Waals surface area (Å²) in [5.74, 6) is 2.89. The summed E-state index contributed by atoms with van der Waals surface area (Å²) < 4.78 is 7.43. The van der Waals surface area contributed by atoms with Gasteiger partial charge in [-0.05, 0) is 25.0 Å². The van der Waals surface area contributed by atoms with E-state index in [9.17, 15) is 0 Å². The number of guanidine groups is 1. The molecule has 3 rings (SSSR count). The molecule has 3 aromatic rings. The molecule has 0 spiro atoms. The first-order valence-electron chi connectivity index (χ1n) is 9.43. The van der Waals surface area contributed by atoms with Gasteiger partial charge in [-0.3, -0.25) is 9.39 Å². The Balaban J connectivity index is 1.48. The van der Waals surface area contributed by atoms with E-state index in [0.29, 0.717) is 25.0 Å². The SMILES string of the molecule is CCC(CC)c1cc(CNC(=NC)NCCc2nnc3ccccn23)on1. The van der Waals surface area contributed by atoms with Gasteiger partial charge in [0.2, 0.25) is 0 Å². The zero-order valence-electron chi connectivity index (χ0n) is 16.1. The maximum absolute atomic E-state index is 5.44. The normalized spacial score (nSPS) is 12.1. The van der Waals surface area contributed by atoms with Gasteiger partial charge in [0, 0.05) is 38.2 Å². The van der Waals surface area contributed by atoms with Crippen LogP contribution in [0.5, 0.6) is 0 Å². The van der Waals surface area contributed by atoms with E-state index in [1.807, 2.05) is 34.9 Å². The molecule has 3 aromatic heterocycles. The molecule has 0 aliphatic rings. The Labute approximate surface area is 159 Å². The number of fused-ring (bicyclic) bond motifs is 1. The van der Waals surface area contributed by atoms with Crippen LogP contribution in [-0.2, 0) is 13.0 Å². The Hall–Kier alpha value is -2.90. The Morgan fingerprint density at radius 3 is 2.85 bits per heavy atom. The van der Waals surface area contributed by atoms with E-state index < -0.39 is 0 Å². The molecule has 0 radical (unpaired) electrons. The standard InChI is InChI=1S/C19H27N7O/c1-4-14(5-2)16-12-15(27-25-16)13-22-19(20-3)21-10-9-18-24-23-17-8-6-7-11-26(17)18/h6-8,11-12,14H,4-5,9-10,13H2,1-3H3,(H2,20,21,22). The van der Waals surface area contributed by atoms with Crippen molar-refractivity contribution >= 4 is 11.6 Å². The second kappa shape index (κ2) is 9.16. The molecule has 0 aromatic carbocycles. The highest BCUT2D eigenvalue weighted by Crippen LogP contribution is 2.22. The van der Waals surface area contributed by atoms with Gasteiger partial charge in [-0.2, -0.15) is 0 Å². The van der Waals surface area contributed by atoms with Crippen molar-refractivity contribution in [2.45, 2.75) is 45.6 Å². The van der Waals surface area contributed by atoms with Crippen LogP contribution < -0.4 is 10.6 Å². The molecule has 8 heteroatoms. The van der Waals surface area contributed by atoms with Crippen LogP contribution in [0.25, 0.3) is 5.65 Å². The van der Waals surface area contributed by atoms with E-state index in [0.717, 1.165) is 42.2 Å². The third-order valence-electron chi connectivity index (χ3n) is 4.66. The highest BCUT2D eigenvalue weighted by molar-refractivity contribution is 5.79. The number of aromatic nitrogens is 4. The lowest BCUT2D eigenvalue weighted by Gasteiger charge is -2.10. The lowest BCUT2D eigenvalue weighted by Crippen LogP contribution is -2.37. The topological polar surface area (TPSA) is 92.6 Å². The molecule has 3 heterocycles. The lowest BCUT2D eigenvalue weighted by molar-refractivity contribution is 0.368. The number of aliphatic imine (C=N–C) groups is 1. The summed E-state index contributed by atoms with van der Waals surface area (Å²) in [6, 6.07) is 7.90. The number of nitrogens with zero attached hydrogens (tertiary/aromatic N) is 5. The molecule has 0 aliphatic carbocycles. The highest BCUT2D eigenvalue weighted by Gasteiger charge is 2.13. The fraction of sp³-hybridized carbons (Fsp3) is 0.474. The molecule has 27 heavy (non-hydrogen) atoms. The highest BCUT2D eigenvalue weighted by atomic mass is 16.5. The van der Waals surface area contributed by atoms with E-state index in [4.69, 9.17) is 4.52 Å². The minimum atomic E-state index is 0.456. The molecule has 0 atom stereocenters. The predicted octanol–water partition coefficient (Wildman–Crippen LogP) is 2.53. The van der Waals surface area contributed by atoms with E-state index in [1.165, 1.54) is 0 Å². The summed E-state index contributed by atoms with van der Waals surface area (Å²) in [4.78, 5) is 4.25. The van der Waals surface area contributed by atoms with Gasteiger partial charge in [-0.15, -0.1) is 10.2 Å². The predicted molar refractivity (Wildman–Crippen MR) is 105 cm³/mol. The van der Waals surface area contributed by atoms with Crippen LogP contribution in [0.3, 0.4) is 0 Å². The lowest BCUT2D eigenvalue weighted by atomic mass is 9.99. The minimum absolute atomic E-state index is 0.456. The second-order valence-corrected chi connectivity index (χ2v) is 6.38. The third-order valence-corrected chi connectivity index (χ3v) is 4.66. The zero-order chi connectivity index (χ0) is 19.1. The Kier molecular flexibility index (Phi) is 6.40. The Morgan fingerprint density at radius 1 is 1.22 bits per heavy atom. The second-order valence-electron chi connectivity index (χ2n) is 6.38. The maximum Gasteiger partial charge on any atom is 0.191 e. The van der Waals surface area contributed by atoms with Crippen molar-refractivity contribution in [3.63, 3.8) is 0 Å². The summed E-state index contributed by atoms with van der Waals surface area (Å²) in [5, 5.41) is 19.1. The van der Waals surface area contributed by atoms with Gasteiger partial charge in [0.1, 0.15) is 5.82 Å². The first-order valence-corrected chi connectivity index (χ1v) is 9.43. The fourth-order valence-corrected chi connectivity index (χ4v) is 3.06. The van der Waals surface area contributed by atoms with Gasteiger partial charge in [0.15, 0.2) is 17.4 Å². The van der Waals surface area contributed by atoms with Crippen LogP contribution in [0.15, 0.2) is 40.0 Å². The van der Waals surface area contributed by atoms with Crippen molar-refractivity contribution in [3.8, 4) is 0 Å². The van der Waals surface area contributed by atoms with Crippen molar-refractivity contribution < 1.29 is 4.52 Å². The number of pyridine rings is 1. The van der Waals surface area contributed by atoms with Crippen LogP contribution in [0.2, 0.25) is 0 Å². The number of rotatable bonds is 8. The average molecular weight is 369 g/mol. The van der Waals surface area contributed by atoms with Gasteiger partial charge < -0.3 is 15.2 Å². The molecule has 0 saturated heterocycles. The van der Waals surface area contributed by atoms with Gasteiger partial charge >= 0.3 is 0 Å². The average Bonchev–Trinajstić information content (AvgIpc) is 3.33. The van der Waals surface area contributed by atoms with E-state index in [1.54, 1.807) is 7.05 Å². The molecule has 8 nitrogen and oxygen atoms in total. The number of hydrogen-bond donors (Lipinski definition) is 2. The molecule has 0 unspecified atom stereocenters. The van der Waals surface area contributed by atoms with Crippen LogP contribution in [0, 0.1) is 0 Å². The van der Waals surface area contributed by atoms with Gasteiger partial charge in [-0.1, -0.05) is 25.1 Å². The number of hydrogen-bond acceptors (Lipinski definition) is 5. The fourth-order valence-electron chi connectivity index (χ4n) is 3.06. The molecule has 0 amide bonds. The molecule has 0 bridgehead atoms. The zero-order valence-corrected chi connectivity index (χ0v) is 16.1. The van der Waals surface area contributed by atoms with E-state index in [-0.39, 0.29) is 0 Å². The van der Waals surface area contributed by atoms with Crippen molar-refractivity contribution in [3.05, 3.63) is 47.7 Å². The summed E-state index contributed by atoms with van der Waals surface area (Å²) >= 11 is 0. The molecule has 0 saturated carbocycles. The van der Waals surface area contributed by atoms with Crippen molar-refractivity contribution in [2.75, 3.05) is 13.6 Å². The molecule has 2 N–H and O–H groups in total. The molecular weight excluding hydrogens is 342 g/mol. The number of nitrogens with one attached hydrogen (secondary N) is 2. The van der Waals surface area contributed by atoms with Crippen LogP contribution >= 0.6 is 0 Å². The molecule has 144 valence electrons. The summed E-state index contributed by atoms with van der Waals surface area (Å²) in [6.45, 7) is 5.59. The van der Waals surface area contributed by atoms with Crippen molar-refractivity contribution in [1.82, 2.24) is 30.4 Å². The first-order chi connectivity index (χ1) is 13.2. The quantitative estimate of drug-likeness (QED) is 0.468. The van der Waals surface area contributed by atoms with Crippen molar-refractivity contribution in [2.24, 2.45) is 4.99 Å². The largest absolute Gasteiger partial charge is 0.359 e. The Morgan fingerprint density at radius 2 is 2.07 bits per heavy atom. The maximum atomic E-state index is 5.44. The first kappa shape index (κ1) is 18.9. The monoisotopic (exact) mass is 369 g/mol. The Bertz CT molecular complexity index is 879. The minimum Gasteiger partial charge on any atom is -0.359 e. The van der Waals surface area contributed by atoms with Crippen molar-refractivity contribution in [1.29, 1.82) is 0 Å². The van der Waals surface area contributed by atoms with Crippen LogP contribution in [-0.4, -0.2) is 39.3 Å². The van der Waals surface area contributed by atoms with Gasteiger partial charge in [-0.25, -0.2) is 0 Å². The van der Waals surface area contributed by atoms with Gasteiger partial charge in [0.05, 0.1) is 12.2 Å². The molecule has 0 fully saturated rings.